The van der Waals surface area contributed by atoms with E-state index in [1.807, 2.05) is 18.2 Å². The van der Waals surface area contributed by atoms with Crippen molar-refractivity contribution in [3.8, 4) is 5.69 Å². The Labute approximate surface area is 128 Å². The number of hydrogen-bond donors (Lipinski definition) is 0. The van der Waals surface area contributed by atoms with Gasteiger partial charge in [-0.15, -0.1) is 0 Å². The van der Waals surface area contributed by atoms with Crippen LogP contribution in [-0.2, 0) is 11.3 Å². The first-order valence-corrected chi connectivity index (χ1v) is 7.11. The number of para-hydroxylation sites is 1. The Kier molecular flexibility index (Phi) is 3.44. The number of ether oxygens (including phenoxy) is 1. The van der Waals surface area contributed by atoms with Gasteiger partial charge < -0.3 is 9.64 Å². The predicted molar refractivity (Wildman–Crippen MR) is 79.9 cm³/mol. The van der Waals surface area contributed by atoms with Crippen molar-refractivity contribution in [2.24, 2.45) is 0 Å². The Morgan fingerprint density at radius 3 is 2.77 bits per heavy atom. The molecule has 1 aromatic heterocycles. The molecule has 0 aliphatic carbocycles. The molecule has 1 aliphatic rings. The Morgan fingerprint density at radius 1 is 1.32 bits per heavy atom. The summed E-state index contributed by atoms with van der Waals surface area (Å²) >= 11 is 0. The van der Waals surface area contributed by atoms with Crippen molar-refractivity contribution in [2.45, 2.75) is 26.5 Å². The molecule has 1 aliphatic heterocycles. The van der Waals surface area contributed by atoms with E-state index in [2.05, 4.69) is 4.98 Å². The number of benzene rings is 1. The van der Waals surface area contributed by atoms with Crippen LogP contribution >= 0.6 is 0 Å². The zero-order valence-electron chi connectivity index (χ0n) is 12.7. The van der Waals surface area contributed by atoms with E-state index in [4.69, 9.17) is 4.74 Å². The van der Waals surface area contributed by atoms with Gasteiger partial charge in [-0.05, 0) is 26.0 Å². The third-order valence-corrected chi connectivity index (χ3v) is 3.53. The Hall–Kier alpha value is -2.63. The van der Waals surface area contributed by atoms with Gasteiger partial charge in [-0.25, -0.2) is 9.78 Å². The molecule has 0 saturated carbocycles. The van der Waals surface area contributed by atoms with E-state index in [0.29, 0.717) is 17.8 Å². The first-order chi connectivity index (χ1) is 10.5. The molecule has 0 fully saturated rings. The van der Waals surface area contributed by atoms with Crippen LogP contribution in [0, 0.1) is 0 Å². The van der Waals surface area contributed by atoms with Gasteiger partial charge in [0.05, 0.1) is 29.6 Å². The highest BCUT2D eigenvalue weighted by molar-refractivity contribution is 5.99. The molecule has 0 saturated heterocycles. The second-order valence-electron chi connectivity index (χ2n) is 5.54. The quantitative estimate of drug-likeness (QED) is 0.796. The van der Waals surface area contributed by atoms with Crippen molar-refractivity contribution >= 4 is 11.9 Å². The molecule has 6 nitrogen and oxygen atoms in total. The highest BCUT2D eigenvalue weighted by atomic mass is 16.5. The fourth-order valence-corrected chi connectivity index (χ4v) is 2.54. The van der Waals surface area contributed by atoms with Crippen molar-refractivity contribution in [3.05, 3.63) is 47.5 Å². The summed E-state index contributed by atoms with van der Waals surface area (Å²) in [5, 5.41) is 0. The average Bonchev–Trinajstić information content (AvgIpc) is 2.85. The summed E-state index contributed by atoms with van der Waals surface area (Å²) in [5.41, 5.74) is 2.23. The molecule has 0 bridgehead atoms. The number of carbonyl (C=O) groups excluding carboxylic acids is 2. The van der Waals surface area contributed by atoms with E-state index in [-0.39, 0.29) is 17.7 Å². The number of imidazole rings is 1. The molecular formula is C16H17N3O3. The topological polar surface area (TPSA) is 64.4 Å². The molecule has 3 rings (SSSR count). The standard InChI is InChI=1S/C16H17N3O3/c1-10(2)22-16(21)14-13-8-18(3)15(20)11-6-4-5-7-12(11)19(13)9-17-14/h4-7,9-10H,8H2,1-3H3. The van der Waals surface area contributed by atoms with Gasteiger partial charge in [0.25, 0.3) is 5.91 Å². The average molecular weight is 299 g/mol. The summed E-state index contributed by atoms with van der Waals surface area (Å²) in [4.78, 5) is 30.4. The predicted octanol–water partition coefficient (Wildman–Crippen LogP) is 2.02. The van der Waals surface area contributed by atoms with Crippen LogP contribution in [-0.4, -0.2) is 39.5 Å². The van der Waals surface area contributed by atoms with Gasteiger partial charge >= 0.3 is 5.97 Å². The largest absolute Gasteiger partial charge is 0.458 e. The highest BCUT2D eigenvalue weighted by Gasteiger charge is 2.28. The van der Waals surface area contributed by atoms with Gasteiger partial charge in [0.1, 0.15) is 6.33 Å². The first kappa shape index (κ1) is 14.3. The number of nitrogens with zero attached hydrogens (tertiary/aromatic N) is 3. The molecule has 114 valence electrons. The number of fused-ring (bicyclic) bond motifs is 3. The summed E-state index contributed by atoms with van der Waals surface area (Å²) < 4.78 is 7.02. The van der Waals surface area contributed by atoms with E-state index < -0.39 is 5.97 Å². The second-order valence-corrected chi connectivity index (χ2v) is 5.54. The zero-order valence-corrected chi connectivity index (χ0v) is 12.7. The minimum atomic E-state index is -0.469. The maximum Gasteiger partial charge on any atom is 0.359 e. The minimum Gasteiger partial charge on any atom is -0.458 e. The lowest BCUT2D eigenvalue weighted by atomic mass is 10.1. The van der Waals surface area contributed by atoms with E-state index in [0.717, 1.165) is 5.69 Å². The summed E-state index contributed by atoms with van der Waals surface area (Å²) in [6.45, 7) is 3.88. The Bertz CT molecular complexity index is 749. The number of esters is 1. The van der Waals surface area contributed by atoms with Crippen LogP contribution in [0.2, 0.25) is 0 Å². The summed E-state index contributed by atoms with van der Waals surface area (Å²) in [6.07, 6.45) is 1.35. The van der Waals surface area contributed by atoms with Crippen LogP contribution in [0.15, 0.2) is 30.6 Å². The second kappa shape index (κ2) is 5.29. The highest BCUT2D eigenvalue weighted by Crippen LogP contribution is 2.25. The minimum absolute atomic E-state index is 0.0810. The molecule has 1 amide bonds. The van der Waals surface area contributed by atoms with Gasteiger partial charge in [0.2, 0.25) is 0 Å². The van der Waals surface area contributed by atoms with E-state index in [9.17, 15) is 9.59 Å². The van der Waals surface area contributed by atoms with Crippen LogP contribution in [0.4, 0.5) is 0 Å². The van der Waals surface area contributed by atoms with Crippen molar-refractivity contribution in [3.63, 3.8) is 0 Å². The van der Waals surface area contributed by atoms with E-state index >= 15 is 0 Å². The van der Waals surface area contributed by atoms with Gasteiger partial charge in [0, 0.05) is 7.05 Å². The van der Waals surface area contributed by atoms with E-state index in [1.165, 1.54) is 0 Å². The molecule has 0 radical (unpaired) electrons. The number of amides is 1. The number of aromatic nitrogens is 2. The molecule has 2 aromatic rings. The van der Waals surface area contributed by atoms with Crippen LogP contribution < -0.4 is 0 Å². The van der Waals surface area contributed by atoms with Gasteiger partial charge in [-0.3, -0.25) is 9.36 Å². The lowest BCUT2D eigenvalue weighted by Gasteiger charge is -2.14. The molecule has 2 heterocycles. The molecule has 0 unspecified atom stereocenters. The fraction of sp³-hybridized carbons (Fsp3) is 0.312. The third-order valence-electron chi connectivity index (χ3n) is 3.53. The lowest BCUT2D eigenvalue weighted by Crippen LogP contribution is -2.26. The summed E-state index contributed by atoms with van der Waals surface area (Å²) in [6, 6.07) is 7.29. The van der Waals surface area contributed by atoms with Crippen LogP contribution in [0.1, 0.15) is 40.4 Å². The van der Waals surface area contributed by atoms with Crippen LogP contribution in [0.5, 0.6) is 0 Å². The maximum atomic E-state index is 12.4. The number of hydrogen-bond acceptors (Lipinski definition) is 4. The fourth-order valence-electron chi connectivity index (χ4n) is 2.54. The Balaban J connectivity index is 2.14. The van der Waals surface area contributed by atoms with Gasteiger partial charge in [0.15, 0.2) is 5.69 Å². The monoisotopic (exact) mass is 299 g/mol. The zero-order chi connectivity index (χ0) is 15.9. The SMILES string of the molecule is CC(C)OC(=O)c1ncn2c1CN(C)C(=O)c1ccccc1-2. The molecule has 0 atom stereocenters. The molecule has 0 spiro atoms. The van der Waals surface area contributed by atoms with Gasteiger partial charge in [-0.1, -0.05) is 12.1 Å². The molecule has 6 heteroatoms. The summed E-state index contributed by atoms with van der Waals surface area (Å²) in [5.74, 6) is -0.550. The van der Waals surface area contributed by atoms with Crippen LogP contribution in [0.25, 0.3) is 5.69 Å². The van der Waals surface area contributed by atoms with Crippen molar-refractivity contribution in [1.82, 2.24) is 14.5 Å². The van der Waals surface area contributed by atoms with Crippen molar-refractivity contribution in [2.75, 3.05) is 7.05 Å². The normalized spacial score (nSPS) is 13.6. The van der Waals surface area contributed by atoms with Gasteiger partial charge in [-0.2, -0.15) is 0 Å². The third kappa shape index (κ3) is 2.26. The maximum absolute atomic E-state index is 12.4. The first-order valence-electron chi connectivity index (χ1n) is 7.11. The summed E-state index contributed by atoms with van der Waals surface area (Å²) in [7, 11) is 1.71. The number of rotatable bonds is 2. The molecule has 22 heavy (non-hydrogen) atoms. The molecule has 1 aromatic carbocycles. The van der Waals surface area contributed by atoms with E-state index in [1.54, 1.807) is 42.8 Å². The van der Waals surface area contributed by atoms with Crippen molar-refractivity contribution < 1.29 is 14.3 Å². The van der Waals surface area contributed by atoms with Crippen molar-refractivity contribution in [1.29, 1.82) is 0 Å². The molecular weight excluding hydrogens is 282 g/mol. The van der Waals surface area contributed by atoms with Crippen LogP contribution in [0.3, 0.4) is 0 Å². The number of carbonyl (C=O) groups is 2. The smallest absolute Gasteiger partial charge is 0.359 e. The lowest BCUT2D eigenvalue weighted by molar-refractivity contribution is 0.0368. The molecule has 0 N–H and O–H groups in total. The Morgan fingerprint density at radius 2 is 2.05 bits per heavy atom.